The van der Waals surface area contributed by atoms with Crippen molar-refractivity contribution in [1.29, 1.82) is 0 Å². The van der Waals surface area contributed by atoms with Crippen molar-refractivity contribution in [3.63, 3.8) is 0 Å². The Kier molecular flexibility index (Phi) is 11.6. The fourth-order valence-electron chi connectivity index (χ4n) is 3.68. The molecule has 0 atom stereocenters. The van der Waals surface area contributed by atoms with Crippen LogP contribution in [0.1, 0.15) is 78.6 Å². The van der Waals surface area contributed by atoms with Crippen molar-refractivity contribution in [2.75, 3.05) is 26.8 Å². The number of ether oxygens (including phenoxy) is 2. The molecule has 1 aliphatic carbocycles. The highest BCUT2D eigenvalue weighted by Gasteiger charge is 2.29. The number of carbonyl (C=O) groups is 2. The largest absolute Gasteiger partial charge is 0.469 e. The molecule has 1 fully saturated rings. The van der Waals surface area contributed by atoms with Crippen LogP contribution in [-0.2, 0) is 19.1 Å². The lowest BCUT2D eigenvalue weighted by molar-refractivity contribution is -0.142. The molecule has 1 rings (SSSR count). The molecule has 0 spiro atoms. The second-order valence-electron chi connectivity index (χ2n) is 7.78. The Morgan fingerprint density at radius 3 is 2.35 bits per heavy atom. The van der Waals surface area contributed by atoms with E-state index in [1.54, 1.807) is 0 Å². The summed E-state index contributed by atoms with van der Waals surface area (Å²) in [4.78, 5) is 26.3. The van der Waals surface area contributed by atoms with Crippen LogP contribution in [0.3, 0.4) is 0 Å². The third-order valence-electron chi connectivity index (χ3n) is 5.31. The van der Waals surface area contributed by atoms with Gasteiger partial charge < -0.3 is 14.4 Å². The van der Waals surface area contributed by atoms with Crippen LogP contribution >= 0.6 is 0 Å². The molecular formula is C21H39NO4. The highest BCUT2D eigenvalue weighted by atomic mass is 16.5. The van der Waals surface area contributed by atoms with Crippen molar-refractivity contribution in [3.8, 4) is 0 Å². The molecule has 1 amide bonds. The molecule has 0 aromatic carbocycles. The molecule has 152 valence electrons. The van der Waals surface area contributed by atoms with Gasteiger partial charge in [0.15, 0.2) is 0 Å². The molecule has 0 aliphatic heterocycles. The third-order valence-corrected chi connectivity index (χ3v) is 5.31. The molecule has 1 saturated carbocycles. The molecule has 0 aromatic rings. The van der Waals surface area contributed by atoms with Crippen LogP contribution in [-0.4, -0.2) is 49.7 Å². The zero-order chi connectivity index (χ0) is 19.4. The third kappa shape index (κ3) is 9.02. The first-order chi connectivity index (χ1) is 12.5. The standard InChI is InChI=1S/C21H39NO4/c1-5-6-8-18-9-11-19(12-10-18)21(24)22(15-13-20(23)25-4)14-7-16-26-17(2)3/h17-19H,5-16H2,1-4H3. The molecule has 0 heterocycles. The van der Waals surface area contributed by atoms with Crippen LogP contribution in [0.4, 0.5) is 0 Å². The van der Waals surface area contributed by atoms with Crippen molar-refractivity contribution in [3.05, 3.63) is 0 Å². The quantitative estimate of drug-likeness (QED) is 0.382. The van der Waals surface area contributed by atoms with E-state index in [4.69, 9.17) is 9.47 Å². The highest BCUT2D eigenvalue weighted by Crippen LogP contribution is 2.33. The first-order valence-corrected chi connectivity index (χ1v) is 10.4. The van der Waals surface area contributed by atoms with E-state index in [1.165, 1.54) is 26.4 Å². The Morgan fingerprint density at radius 2 is 1.77 bits per heavy atom. The van der Waals surface area contributed by atoms with E-state index in [2.05, 4.69) is 6.92 Å². The molecule has 0 bridgehead atoms. The highest BCUT2D eigenvalue weighted by molar-refractivity contribution is 5.79. The lowest BCUT2D eigenvalue weighted by Crippen LogP contribution is -2.40. The van der Waals surface area contributed by atoms with Gasteiger partial charge in [0, 0.05) is 25.6 Å². The van der Waals surface area contributed by atoms with Gasteiger partial charge in [-0.3, -0.25) is 9.59 Å². The van der Waals surface area contributed by atoms with E-state index in [9.17, 15) is 9.59 Å². The summed E-state index contributed by atoms with van der Waals surface area (Å²) in [6.45, 7) is 8.00. The lowest BCUT2D eigenvalue weighted by Gasteiger charge is -2.32. The average Bonchev–Trinajstić information content (AvgIpc) is 2.65. The van der Waals surface area contributed by atoms with E-state index < -0.39 is 0 Å². The molecule has 0 aromatic heterocycles. The molecule has 0 unspecified atom stereocenters. The maximum absolute atomic E-state index is 13.0. The molecule has 5 nitrogen and oxygen atoms in total. The predicted octanol–water partition coefficient (Wildman–Crippen LogP) is 4.19. The fraction of sp³-hybridized carbons (Fsp3) is 0.905. The Hall–Kier alpha value is -1.10. The van der Waals surface area contributed by atoms with E-state index >= 15 is 0 Å². The number of amides is 1. The zero-order valence-electron chi connectivity index (χ0n) is 17.3. The molecule has 0 radical (unpaired) electrons. The Morgan fingerprint density at radius 1 is 1.08 bits per heavy atom. The van der Waals surface area contributed by atoms with Gasteiger partial charge in [-0.1, -0.05) is 26.2 Å². The van der Waals surface area contributed by atoms with Gasteiger partial charge in [0.2, 0.25) is 5.91 Å². The summed E-state index contributed by atoms with van der Waals surface area (Å²) in [5, 5.41) is 0. The Bertz CT molecular complexity index is 403. The Balaban J connectivity index is 2.49. The van der Waals surface area contributed by atoms with Gasteiger partial charge in [0.05, 0.1) is 19.6 Å². The van der Waals surface area contributed by atoms with Crippen LogP contribution in [0, 0.1) is 11.8 Å². The maximum atomic E-state index is 13.0. The molecule has 26 heavy (non-hydrogen) atoms. The van der Waals surface area contributed by atoms with Gasteiger partial charge in [0.1, 0.15) is 0 Å². The predicted molar refractivity (Wildman–Crippen MR) is 104 cm³/mol. The van der Waals surface area contributed by atoms with Crippen LogP contribution in [0.5, 0.6) is 0 Å². The SMILES string of the molecule is CCCCC1CCC(C(=O)N(CCCOC(C)C)CCC(=O)OC)CC1. The van der Waals surface area contributed by atoms with Crippen LogP contribution in [0.25, 0.3) is 0 Å². The summed E-state index contributed by atoms with van der Waals surface area (Å²) in [5.41, 5.74) is 0. The zero-order valence-corrected chi connectivity index (χ0v) is 17.3. The maximum Gasteiger partial charge on any atom is 0.307 e. The smallest absolute Gasteiger partial charge is 0.307 e. The summed E-state index contributed by atoms with van der Waals surface area (Å²) in [6.07, 6.45) is 9.42. The minimum atomic E-state index is -0.260. The van der Waals surface area contributed by atoms with E-state index in [1.807, 2.05) is 18.7 Å². The summed E-state index contributed by atoms with van der Waals surface area (Å²) in [7, 11) is 1.39. The number of hydrogen-bond acceptors (Lipinski definition) is 4. The number of rotatable bonds is 12. The summed E-state index contributed by atoms with van der Waals surface area (Å²) in [5.74, 6) is 0.871. The first kappa shape index (κ1) is 22.9. The first-order valence-electron chi connectivity index (χ1n) is 10.4. The number of methoxy groups -OCH3 is 1. The molecule has 5 heteroatoms. The van der Waals surface area contributed by atoms with Crippen LogP contribution in [0.2, 0.25) is 0 Å². The van der Waals surface area contributed by atoms with E-state index in [0.717, 1.165) is 38.0 Å². The van der Waals surface area contributed by atoms with Gasteiger partial charge in [-0.05, 0) is 51.9 Å². The molecular weight excluding hydrogens is 330 g/mol. The van der Waals surface area contributed by atoms with Crippen molar-refractivity contribution in [1.82, 2.24) is 4.90 Å². The van der Waals surface area contributed by atoms with Crippen molar-refractivity contribution >= 4 is 11.9 Å². The summed E-state index contributed by atoms with van der Waals surface area (Å²) < 4.78 is 10.3. The number of hydrogen-bond donors (Lipinski definition) is 0. The number of nitrogens with zero attached hydrogens (tertiary/aromatic N) is 1. The second-order valence-corrected chi connectivity index (χ2v) is 7.78. The van der Waals surface area contributed by atoms with Crippen molar-refractivity contribution < 1.29 is 19.1 Å². The van der Waals surface area contributed by atoms with E-state index in [-0.39, 0.29) is 30.3 Å². The second kappa shape index (κ2) is 13.1. The van der Waals surface area contributed by atoms with Gasteiger partial charge in [-0.25, -0.2) is 0 Å². The van der Waals surface area contributed by atoms with Gasteiger partial charge in [-0.2, -0.15) is 0 Å². The summed E-state index contributed by atoms with van der Waals surface area (Å²) in [6, 6.07) is 0. The normalized spacial score (nSPS) is 20.2. The van der Waals surface area contributed by atoms with Crippen molar-refractivity contribution in [2.45, 2.75) is 84.7 Å². The molecule has 0 saturated heterocycles. The number of carbonyl (C=O) groups excluding carboxylic acids is 2. The topological polar surface area (TPSA) is 55.8 Å². The minimum absolute atomic E-state index is 0.122. The van der Waals surface area contributed by atoms with Crippen LogP contribution < -0.4 is 0 Å². The van der Waals surface area contributed by atoms with Gasteiger partial charge in [-0.15, -0.1) is 0 Å². The molecule has 1 aliphatic rings. The van der Waals surface area contributed by atoms with Gasteiger partial charge in [0.25, 0.3) is 0 Å². The lowest BCUT2D eigenvalue weighted by atomic mass is 9.79. The number of esters is 1. The Labute approximate surface area is 159 Å². The van der Waals surface area contributed by atoms with Crippen molar-refractivity contribution in [2.24, 2.45) is 11.8 Å². The molecule has 0 N–H and O–H groups in total. The van der Waals surface area contributed by atoms with E-state index in [0.29, 0.717) is 19.7 Å². The average molecular weight is 370 g/mol. The van der Waals surface area contributed by atoms with Crippen LogP contribution in [0.15, 0.2) is 0 Å². The van der Waals surface area contributed by atoms with Gasteiger partial charge >= 0.3 is 5.97 Å². The summed E-state index contributed by atoms with van der Waals surface area (Å²) >= 11 is 0. The number of unbranched alkanes of at least 4 members (excludes halogenated alkanes) is 1. The monoisotopic (exact) mass is 369 g/mol. The minimum Gasteiger partial charge on any atom is -0.469 e. The fourth-order valence-corrected chi connectivity index (χ4v) is 3.68.